The van der Waals surface area contributed by atoms with Crippen molar-refractivity contribution in [3.05, 3.63) is 64.8 Å². The largest absolute Gasteiger partial charge is 0.304 e. The van der Waals surface area contributed by atoms with E-state index >= 15 is 0 Å². The molecule has 0 aliphatic heterocycles. The van der Waals surface area contributed by atoms with Crippen LogP contribution < -0.4 is 5.32 Å². The van der Waals surface area contributed by atoms with Crippen molar-refractivity contribution in [1.29, 1.82) is 0 Å². The fraction of sp³-hybridized carbons (Fsp3) is 0.381. The minimum absolute atomic E-state index is 0.250. The zero-order valence-corrected chi connectivity index (χ0v) is 16.0. The van der Waals surface area contributed by atoms with Crippen LogP contribution in [0.15, 0.2) is 30.7 Å². The highest BCUT2D eigenvalue weighted by Gasteiger charge is 2.22. The quantitative estimate of drug-likeness (QED) is 0.768. The van der Waals surface area contributed by atoms with Crippen LogP contribution in [0.1, 0.15) is 52.9 Å². The van der Waals surface area contributed by atoms with E-state index in [1.807, 2.05) is 45.3 Å². The highest BCUT2D eigenvalue weighted by Crippen LogP contribution is 2.29. The number of pyridine rings is 1. The molecule has 0 radical (unpaired) electrons. The summed E-state index contributed by atoms with van der Waals surface area (Å²) >= 11 is 0. The lowest BCUT2D eigenvalue weighted by Crippen LogP contribution is -2.27. The molecule has 3 heterocycles. The maximum absolute atomic E-state index is 4.81. The Hall–Kier alpha value is -2.73. The molecule has 1 N–H and O–H groups in total. The van der Waals surface area contributed by atoms with E-state index in [0.29, 0.717) is 6.54 Å². The fourth-order valence-electron chi connectivity index (χ4n) is 3.54. The van der Waals surface area contributed by atoms with Gasteiger partial charge in [-0.2, -0.15) is 0 Å². The molecule has 0 saturated carbocycles. The predicted octanol–water partition coefficient (Wildman–Crippen LogP) is 3.42. The second-order valence-corrected chi connectivity index (χ2v) is 7.09. The van der Waals surface area contributed by atoms with E-state index in [9.17, 15) is 0 Å². The second kappa shape index (κ2) is 7.48. The number of aryl methyl sites for hydroxylation is 4. The van der Waals surface area contributed by atoms with E-state index < -0.39 is 0 Å². The van der Waals surface area contributed by atoms with Gasteiger partial charge in [-0.3, -0.25) is 15.0 Å². The fourth-order valence-corrected chi connectivity index (χ4v) is 3.54. The Morgan fingerprint density at radius 1 is 1.04 bits per heavy atom. The Labute approximate surface area is 159 Å². The van der Waals surface area contributed by atoms with Crippen LogP contribution in [-0.2, 0) is 13.0 Å². The Morgan fingerprint density at radius 3 is 2.70 bits per heavy atom. The smallest absolute Gasteiger partial charge is 0.160 e. The average molecular weight is 360 g/mol. The van der Waals surface area contributed by atoms with E-state index in [2.05, 4.69) is 20.3 Å². The van der Waals surface area contributed by atoms with Gasteiger partial charge in [-0.15, -0.1) is 0 Å². The molecule has 0 amide bonds. The van der Waals surface area contributed by atoms with Crippen molar-refractivity contribution in [3.63, 3.8) is 0 Å². The first-order valence-corrected chi connectivity index (χ1v) is 9.42. The molecule has 1 aliphatic carbocycles. The molecule has 1 atom stereocenters. The lowest BCUT2D eigenvalue weighted by molar-refractivity contribution is 0.448. The zero-order valence-electron chi connectivity index (χ0n) is 16.0. The van der Waals surface area contributed by atoms with E-state index in [1.165, 1.54) is 5.56 Å². The molecule has 3 aromatic heterocycles. The first kappa shape index (κ1) is 17.7. The molecule has 3 aromatic rings. The molecule has 0 saturated heterocycles. The number of nitrogens with one attached hydrogen (secondary N) is 1. The summed E-state index contributed by atoms with van der Waals surface area (Å²) in [6, 6.07) is 4.16. The maximum atomic E-state index is 4.81. The first-order chi connectivity index (χ1) is 13.1. The van der Waals surface area contributed by atoms with Gasteiger partial charge in [0.25, 0.3) is 0 Å². The lowest BCUT2D eigenvalue weighted by Gasteiger charge is -2.26. The van der Waals surface area contributed by atoms with Crippen LogP contribution in [0.4, 0.5) is 0 Å². The number of aromatic nitrogens is 5. The maximum Gasteiger partial charge on any atom is 0.160 e. The van der Waals surface area contributed by atoms with Crippen molar-refractivity contribution in [1.82, 2.24) is 30.2 Å². The van der Waals surface area contributed by atoms with Crippen LogP contribution in [0, 0.1) is 20.8 Å². The standard InChI is InChI=1S/C21H24N6/c1-13-14(2)26-20(15(3)25-13)12-23-18-7-4-8-19-17(18)11-24-21(27-19)16-6-5-9-22-10-16/h5-6,9-11,18,23H,4,7-8,12H2,1-3H3. The Balaban J connectivity index is 1.54. The van der Waals surface area contributed by atoms with Crippen LogP contribution in [-0.4, -0.2) is 24.9 Å². The molecule has 1 aliphatic rings. The number of rotatable bonds is 4. The molecule has 138 valence electrons. The van der Waals surface area contributed by atoms with Crippen molar-refractivity contribution in [2.45, 2.75) is 52.6 Å². The predicted molar refractivity (Wildman–Crippen MR) is 104 cm³/mol. The monoisotopic (exact) mass is 360 g/mol. The third-order valence-corrected chi connectivity index (χ3v) is 5.20. The Kier molecular flexibility index (Phi) is 4.90. The van der Waals surface area contributed by atoms with Gasteiger partial charge in [-0.25, -0.2) is 9.97 Å². The first-order valence-electron chi connectivity index (χ1n) is 9.42. The lowest BCUT2D eigenvalue weighted by atomic mass is 9.92. The van der Waals surface area contributed by atoms with Gasteiger partial charge in [0.05, 0.1) is 22.8 Å². The van der Waals surface area contributed by atoms with Crippen molar-refractivity contribution in [2.24, 2.45) is 0 Å². The van der Waals surface area contributed by atoms with Gasteiger partial charge in [0.1, 0.15) is 0 Å². The molecule has 0 bridgehead atoms. The summed E-state index contributed by atoms with van der Waals surface area (Å²) < 4.78 is 0. The van der Waals surface area contributed by atoms with Crippen molar-refractivity contribution in [3.8, 4) is 11.4 Å². The Morgan fingerprint density at radius 2 is 1.89 bits per heavy atom. The van der Waals surface area contributed by atoms with Crippen LogP contribution in [0.3, 0.4) is 0 Å². The molecule has 0 spiro atoms. The van der Waals surface area contributed by atoms with E-state index in [0.717, 1.165) is 59.1 Å². The average Bonchev–Trinajstić information content (AvgIpc) is 2.70. The minimum Gasteiger partial charge on any atom is -0.304 e. The third-order valence-electron chi connectivity index (χ3n) is 5.20. The van der Waals surface area contributed by atoms with Gasteiger partial charge in [0.2, 0.25) is 0 Å². The Bertz CT molecular complexity index is 954. The summed E-state index contributed by atoms with van der Waals surface area (Å²) in [5.74, 6) is 0.748. The molecule has 1 unspecified atom stereocenters. The van der Waals surface area contributed by atoms with E-state index in [-0.39, 0.29) is 6.04 Å². The van der Waals surface area contributed by atoms with Crippen LogP contribution in [0.2, 0.25) is 0 Å². The molecule has 0 aromatic carbocycles. The molecule has 4 rings (SSSR count). The van der Waals surface area contributed by atoms with Crippen molar-refractivity contribution in [2.75, 3.05) is 0 Å². The summed E-state index contributed by atoms with van der Waals surface area (Å²) in [7, 11) is 0. The zero-order chi connectivity index (χ0) is 18.8. The topological polar surface area (TPSA) is 76.5 Å². The molecule has 6 nitrogen and oxygen atoms in total. The number of nitrogens with zero attached hydrogens (tertiary/aromatic N) is 5. The summed E-state index contributed by atoms with van der Waals surface area (Å²) in [5.41, 5.74) is 7.28. The minimum atomic E-state index is 0.250. The number of hydrogen-bond acceptors (Lipinski definition) is 6. The van der Waals surface area contributed by atoms with Gasteiger partial charge in [-0.05, 0) is 52.2 Å². The van der Waals surface area contributed by atoms with Crippen molar-refractivity contribution < 1.29 is 0 Å². The second-order valence-electron chi connectivity index (χ2n) is 7.09. The van der Waals surface area contributed by atoms with Crippen LogP contribution in [0.25, 0.3) is 11.4 Å². The highest BCUT2D eigenvalue weighted by atomic mass is 15.0. The summed E-state index contributed by atoms with van der Waals surface area (Å²) in [5, 5.41) is 3.65. The summed E-state index contributed by atoms with van der Waals surface area (Å²) in [4.78, 5) is 22.9. The summed E-state index contributed by atoms with van der Waals surface area (Å²) in [6.07, 6.45) is 8.73. The van der Waals surface area contributed by atoms with E-state index in [4.69, 9.17) is 9.97 Å². The molecule has 0 fully saturated rings. The summed E-state index contributed by atoms with van der Waals surface area (Å²) in [6.45, 7) is 6.74. The molecule has 6 heteroatoms. The van der Waals surface area contributed by atoms with Crippen molar-refractivity contribution >= 4 is 0 Å². The number of hydrogen-bond donors (Lipinski definition) is 1. The molecular formula is C21H24N6. The van der Waals surface area contributed by atoms with Gasteiger partial charge in [-0.1, -0.05) is 0 Å². The molecule has 27 heavy (non-hydrogen) atoms. The number of fused-ring (bicyclic) bond motifs is 1. The van der Waals surface area contributed by atoms with Gasteiger partial charge >= 0.3 is 0 Å². The third kappa shape index (κ3) is 3.71. The highest BCUT2D eigenvalue weighted by molar-refractivity contribution is 5.53. The molecular weight excluding hydrogens is 336 g/mol. The van der Waals surface area contributed by atoms with Crippen LogP contribution in [0.5, 0.6) is 0 Å². The normalized spacial score (nSPS) is 16.2. The van der Waals surface area contributed by atoms with Gasteiger partial charge in [0.15, 0.2) is 5.82 Å². The van der Waals surface area contributed by atoms with E-state index in [1.54, 1.807) is 6.20 Å². The van der Waals surface area contributed by atoms with Crippen LogP contribution >= 0.6 is 0 Å². The SMILES string of the molecule is Cc1nc(C)c(CNC2CCCc3nc(-c4cccnc4)ncc32)nc1C. The van der Waals surface area contributed by atoms with Gasteiger partial charge < -0.3 is 5.32 Å². The van der Waals surface area contributed by atoms with Gasteiger partial charge in [0, 0.05) is 48.0 Å².